The van der Waals surface area contributed by atoms with E-state index in [0.29, 0.717) is 22.6 Å². The molecule has 0 bridgehead atoms. The third-order valence-corrected chi connectivity index (χ3v) is 5.64. The maximum absolute atomic E-state index is 13.3. The van der Waals surface area contributed by atoms with E-state index in [-0.39, 0.29) is 5.78 Å². The van der Waals surface area contributed by atoms with Crippen LogP contribution in [-0.4, -0.2) is 31.9 Å². The molecule has 2 aromatic rings. The molecule has 7 heteroatoms. The SMILES string of the molecule is CC[C@H](C(=O)c1ccc(Br)cc1)[C@@H](c1ccc(Cl)cc1)C(C(=O)OC)C(=O)OC. The van der Waals surface area contributed by atoms with Crippen LogP contribution in [0.4, 0.5) is 0 Å². The second kappa shape index (κ2) is 10.6. The lowest BCUT2D eigenvalue weighted by Gasteiger charge is -2.30. The lowest BCUT2D eigenvalue weighted by atomic mass is 9.72. The molecule has 0 aliphatic carbocycles. The summed E-state index contributed by atoms with van der Waals surface area (Å²) >= 11 is 9.36. The normalized spacial score (nSPS) is 12.9. The van der Waals surface area contributed by atoms with Gasteiger partial charge in [0.05, 0.1) is 14.2 Å². The Kier molecular flexibility index (Phi) is 8.41. The first-order chi connectivity index (χ1) is 13.8. The van der Waals surface area contributed by atoms with E-state index in [0.717, 1.165) is 4.47 Å². The van der Waals surface area contributed by atoms with Crippen LogP contribution in [0.2, 0.25) is 5.02 Å². The molecule has 29 heavy (non-hydrogen) atoms. The predicted molar refractivity (Wildman–Crippen MR) is 114 cm³/mol. The van der Waals surface area contributed by atoms with E-state index in [2.05, 4.69) is 15.9 Å². The second-order valence-corrected chi connectivity index (χ2v) is 7.84. The molecule has 0 heterocycles. The molecule has 0 fully saturated rings. The van der Waals surface area contributed by atoms with Crippen LogP contribution in [0.15, 0.2) is 53.0 Å². The molecule has 0 amide bonds. The minimum atomic E-state index is -1.28. The zero-order valence-corrected chi connectivity index (χ0v) is 18.7. The van der Waals surface area contributed by atoms with Gasteiger partial charge in [-0.15, -0.1) is 0 Å². The highest BCUT2D eigenvalue weighted by Gasteiger charge is 2.44. The van der Waals surface area contributed by atoms with Gasteiger partial charge in [-0.2, -0.15) is 0 Å². The molecule has 0 spiro atoms. The first kappa shape index (κ1) is 23.1. The Morgan fingerprint density at radius 3 is 1.90 bits per heavy atom. The number of hydrogen-bond donors (Lipinski definition) is 0. The molecule has 2 atom stereocenters. The molecule has 2 aromatic carbocycles. The van der Waals surface area contributed by atoms with E-state index < -0.39 is 29.7 Å². The molecule has 154 valence electrons. The van der Waals surface area contributed by atoms with Crippen molar-refractivity contribution in [2.75, 3.05) is 14.2 Å². The minimum Gasteiger partial charge on any atom is -0.468 e. The number of Topliss-reactive ketones (excluding diaryl/α,β-unsaturated/α-hetero) is 1. The van der Waals surface area contributed by atoms with Crippen LogP contribution in [-0.2, 0) is 19.1 Å². The topological polar surface area (TPSA) is 69.7 Å². The van der Waals surface area contributed by atoms with Crippen molar-refractivity contribution in [2.24, 2.45) is 11.8 Å². The largest absolute Gasteiger partial charge is 0.468 e. The van der Waals surface area contributed by atoms with Crippen LogP contribution in [0.25, 0.3) is 0 Å². The Morgan fingerprint density at radius 1 is 0.931 bits per heavy atom. The molecule has 0 saturated heterocycles. The van der Waals surface area contributed by atoms with Crippen molar-refractivity contribution >= 4 is 45.3 Å². The van der Waals surface area contributed by atoms with Crippen LogP contribution < -0.4 is 0 Å². The van der Waals surface area contributed by atoms with Gasteiger partial charge in [0.1, 0.15) is 0 Å². The Balaban J connectivity index is 2.60. The summed E-state index contributed by atoms with van der Waals surface area (Å²) in [5, 5.41) is 0.507. The number of carbonyl (C=O) groups is 3. The van der Waals surface area contributed by atoms with Crippen molar-refractivity contribution < 1.29 is 23.9 Å². The van der Waals surface area contributed by atoms with Gasteiger partial charge in [-0.05, 0) is 36.2 Å². The van der Waals surface area contributed by atoms with Gasteiger partial charge in [0.2, 0.25) is 0 Å². The van der Waals surface area contributed by atoms with Gasteiger partial charge in [0.15, 0.2) is 11.7 Å². The van der Waals surface area contributed by atoms with Gasteiger partial charge in [-0.3, -0.25) is 14.4 Å². The summed E-state index contributed by atoms with van der Waals surface area (Å²) in [6, 6.07) is 13.7. The molecule has 0 saturated carbocycles. The Bertz CT molecular complexity index is 848. The van der Waals surface area contributed by atoms with Crippen LogP contribution in [0, 0.1) is 11.8 Å². The van der Waals surface area contributed by atoms with Crippen molar-refractivity contribution in [1.29, 1.82) is 0 Å². The van der Waals surface area contributed by atoms with Crippen molar-refractivity contribution in [3.8, 4) is 0 Å². The molecule has 0 N–H and O–H groups in total. The number of ketones is 1. The first-order valence-electron chi connectivity index (χ1n) is 9.04. The standard InChI is InChI=1S/C22H22BrClO5/c1-4-17(20(25)14-5-9-15(23)10-6-14)18(13-7-11-16(24)12-8-13)19(21(26)28-2)22(27)29-3/h5-12,17-19H,4H2,1-3H3/t17-,18+/m0/s1. The van der Waals surface area contributed by atoms with Gasteiger partial charge < -0.3 is 9.47 Å². The Hall–Kier alpha value is -2.18. The van der Waals surface area contributed by atoms with Crippen molar-refractivity contribution in [2.45, 2.75) is 19.3 Å². The molecular weight excluding hydrogens is 460 g/mol. The summed E-state index contributed by atoms with van der Waals surface area (Å²) < 4.78 is 10.6. The summed E-state index contributed by atoms with van der Waals surface area (Å²) in [4.78, 5) is 38.5. The molecule has 0 aromatic heterocycles. The van der Waals surface area contributed by atoms with E-state index in [4.69, 9.17) is 21.1 Å². The first-order valence-corrected chi connectivity index (χ1v) is 10.2. The summed E-state index contributed by atoms with van der Waals surface area (Å²) in [6.07, 6.45) is 0.409. The number of rotatable bonds is 8. The highest BCUT2D eigenvalue weighted by Crippen LogP contribution is 2.38. The van der Waals surface area contributed by atoms with Crippen molar-refractivity contribution in [3.63, 3.8) is 0 Å². The molecule has 2 rings (SSSR count). The third kappa shape index (κ3) is 5.46. The molecule has 5 nitrogen and oxygen atoms in total. The van der Waals surface area contributed by atoms with E-state index in [1.54, 1.807) is 48.5 Å². The van der Waals surface area contributed by atoms with Crippen LogP contribution in [0.1, 0.15) is 35.2 Å². The van der Waals surface area contributed by atoms with Gasteiger partial charge in [0.25, 0.3) is 0 Å². The monoisotopic (exact) mass is 480 g/mol. The van der Waals surface area contributed by atoms with E-state index in [1.807, 2.05) is 6.92 Å². The molecular formula is C22H22BrClO5. The molecule has 0 unspecified atom stereocenters. The maximum atomic E-state index is 13.3. The number of benzene rings is 2. The highest BCUT2D eigenvalue weighted by atomic mass is 79.9. The average molecular weight is 482 g/mol. The Labute approximate surface area is 183 Å². The fraction of sp³-hybridized carbons (Fsp3) is 0.318. The number of hydrogen-bond acceptors (Lipinski definition) is 5. The summed E-state index contributed by atoms with van der Waals surface area (Å²) in [7, 11) is 2.41. The number of carbonyl (C=O) groups excluding carboxylic acids is 3. The zero-order chi connectivity index (χ0) is 21.6. The van der Waals surface area contributed by atoms with Crippen molar-refractivity contribution in [1.82, 2.24) is 0 Å². The fourth-order valence-electron chi connectivity index (χ4n) is 3.42. The van der Waals surface area contributed by atoms with Gasteiger partial charge in [-0.25, -0.2) is 0 Å². The Morgan fingerprint density at radius 2 is 1.45 bits per heavy atom. The highest BCUT2D eigenvalue weighted by molar-refractivity contribution is 9.10. The van der Waals surface area contributed by atoms with E-state index in [9.17, 15) is 14.4 Å². The maximum Gasteiger partial charge on any atom is 0.320 e. The van der Waals surface area contributed by atoms with E-state index >= 15 is 0 Å². The number of methoxy groups -OCH3 is 2. The summed E-state index contributed by atoms with van der Waals surface area (Å²) in [6.45, 7) is 1.84. The quantitative estimate of drug-likeness (QED) is 0.299. The smallest absolute Gasteiger partial charge is 0.320 e. The lowest BCUT2D eigenvalue weighted by Crippen LogP contribution is -2.38. The van der Waals surface area contributed by atoms with Gasteiger partial charge in [0, 0.05) is 26.9 Å². The summed E-state index contributed by atoms with van der Waals surface area (Å²) in [5.41, 5.74) is 1.13. The fourth-order valence-corrected chi connectivity index (χ4v) is 3.81. The van der Waals surface area contributed by atoms with Crippen molar-refractivity contribution in [3.05, 3.63) is 69.2 Å². The van der Waals surface area contributed by atoms with Gasteiger partial charge >= 0.3 is 11.9 Å². The second-order valence-electron chi connectivity index (χ2n) is 6.49. The van der Waals surface area contributed by atoms with E-state index in [1.165, 1.54) is 14.2 Å². The van der Waals surface area contributed by atoms with Crippen LogP contribution >= 0.6 is 27.5 Å². The van der Waals surface area contributed by atoms with Crippen LogP contribution in [0.3, 0.4) is 0 Å². The molecule has 0 aliphatic rings. The number of ether oxygens (including phenoxy) is 2. The summed E-state index contributed by atoms with van der Waals surface area (Å²) in [5.74, 6) is -4.38. The lowest BCUT2D eigenvalue weighted by molar-refractivity contribution is -0.160. The molecule has 0 radical (unpaired) electrons. The van der Waals surface area contributed by atoms with Crippen LogP contribution in [0.5, 0.6) is 0 Å². The number of esters is 2. The minimum absolute atomic E-state index is 0.169. The number of halogens is 2. The average Bonchev–Trinajstić information content (AvgIpc) is 2.73. The third-order valence-electron chi connectivity index (χ3n) is 4.86. The molecule has 0 aliphatic heterocycles. The van der Waals surface area contributed by atoms with Gasteiger partial charge in [-0.1, -0.05) is 58.7 Å². The predicted octanol–water partition coefficient (Wildman–Crippen LogP) is 5.06. The zero-order valence-electron chi connectivity index (χ0n) is 16.4.